The van der Waals surface area contributed by atoms with E-state index in [0.29, 0.717) is 25.7 Å². The molecule has 0 saturated heterocycles. The van der Waals surface area contributed by atoms with Gasteiger partial charge in [-0.2, -0.15) is 0 Å². The molecule has 4 unspecified atom stereocenters. The topological polar surface area (TPSA) is 237 Å². The fraction of sp³-hybridized carbons (Fsp3) is 0.937. The summed E-state index contributed by atoms with van der Waals surface area (Å²) >= 11 is 0. The number of carbonyl (C=O) groups is 4. The number of hydrogen-bond donors (Lipinski definition) is 3. The van der Waals surface area contributed by atoms with Gasteiger partial charge in [0.05, 0.1) is 26.4 Å². The van der Waals surface area contributed by atoms with Gasteiger partial charge in [0.1, 0.15) is 19.3 Å². The molecule has 0 aliphatic rings. The molecule has 0 saturated carbocycles. The monoisotopic (exact) mass is 1210 g/mol. The number of ether oxygens (including phenoxy) is 4. The average Bonchev–Trinajstić information content (AvgIpc) is 3.50. The second kappa shape index (κ2) is 55.6. The maximum absolute atomic E-state index is 13.0. The molecule has 0 fully saturated rings. The Bertz CT molecular complexity index is 1620. The van der Waals surface area contributed by atoms with E-state index in [0.717, 1.165) is 115 Å². The van der Waals surface area contributed by atoms with Crippen molar-refractivity contribution >= 4 is 39.5 Å². The molecule has 17 nitrogen and oxygen atoms in total. The van der Waals surface area contributed by atoms with Crippen LogP contribution in [0.15, 0.2) is 0 Å². The standard InChI is InChI=1S/C63H122O17P2/c1-7-11-13-31-39-45-60(65)73-51-58(79-62(67)47-41-32-14-12-8-2)53-77-81(69,70)75-49-57(64)50-76-82(71,72)78-54-59(52-74-61(66)46-40-35-30-29-34-38-44-56(6)10-4)80-63(68)48-42-36-28-26-24-22-20-18-16-15-17-19-21-23-25-27-33-37-43-55(5)9-3/h55-59,64H,7-54H2,1-6H3,(H,69,70)(H,71,72)/t55?,56?,57-,58+,59+/m0/s1. The molecule has 0 bridgehead atoms. The van der Waals surface area contributed by atoms with Crippen molar-refractivity contribution in [2.75, 3.05) is 39.6 Å². The van der Waals surface area contributed by atoms with E-state index >= 15 is 0 Å². The Balaban J connectivity index is 5.00. The lowest BCUT2D eigenvalue weighted by atomic mass is 9.99. The molecule has 3 N–H and O–H groups in total. The molecule has 0 amide bonds. The van der Waals surface area contributed by atoms with Crippen molar-refractivity contribution in [1.82, 2.24) is 0 Å². The first-order valence-electron chi connectivity index (χ1n) is 33.1. The molecule has 0 aliphatic carbocycles. The molecule has 0 aromatic carbocycles. The summed E-state index contributed by atoms with van der Waals surface area (Å²) in [6.07, 6.45) is 38.6. The van der Waals surface area contributed by atoms with Crippen molar-refractivity contribution < 1.29 is 80.2 Å². The first-order valence-corrected chi connectivity index (χ1v) is 36.1. The molecule has 486 valence electrons. The zero-order valence-electron chi connectivity index (χ0n) is 52.8. The van der Waals surface area contributed by atoms with Gasteiger partial charge in [0.2, 0.25) is 0 Å². The van der Waals surface area contributed by atoms with E-state index in [4.69, 9.17) is 37.0 Å². The number of phosphoric ester groups is 2. The number of unbranched alkanes of at least 4 members (excludes halogenated alkanes) is 30. The molecule has 0 heterocycles. The first kappa shape index (κ1) is 80.1. The summed E-state index contributed by atoms with van der Waals surface area (Å²) in [5.74, 6) is -0.558. The Morgan fingerprint density at radius 3 is 0.866 bits per heavy atom. The minimum atomic E-state index is -4.94. The van der Waals surface area contributed by atoms with Crippen LogP contribution in [0.25, 0.3) is 0 Å². The van der Waals surface area contributed by atoms with Crippen LogP contribution in [-0.2, 0) is 65.4 Å². The van der Waals surface area contributed by atoms with Crippen molar-refractivity contribution in [2.24, 2.45) is 11.8 Å². The van der Waals surface area contributed by atoms with Gasteiger partial charge >= 0.3 is 39.5 Å². The summed E-state index contributed by atoms with van der Waals surface area (Å²) in [4.78, 5) is 71.6. The van der Waals surface area contributed by atoms with Crippen LogP contribution in [0, 0.1) is 11.8 Å². The fourth-order valence-corrected chi connectivity index (χ4v) is 10.9. The Hall–Kier alpha value is -1.94. The number of rotatable bonds is 62. The molecule has 82 heavy (non-hydrogen) atoms. The third-order valence-electron chi connectivity index (χ3n) is 15.2. The average molecular weight is 1210 g/mol. The van der Waals surface area contributed by atoms with Crippen LogP contribution in [0.3, 0.4) is 0 Å². The highest BCUT2D eigenvalue weighted by atomic mass is 31.2. The predicted molar refractivity (Wildman–Crippen MR) is 326 cm³/mol. The Morgan fingerprint density at radius 1 is 0.341 bits per heavy atom. The summed E-state index contributed by atoms with van der Waals surface area (Å²) in [6.45, 7) is 9.32. The number of phosphoric acid groups is 2. The smallest absolute Gasteiger partial charge is 0.462 e. The fourth-order valence-electron chi connectivity index (χ4n) is 9.29. The van der Waals surface area contributed by atoms with Crippen LogP contribution in [0.2, 0.25) is 0 Å². The quantitative estimate of drug-likeness (QED) is 0.0222. The minimum Gasteiger partial charge on any atom is -0.462 e. The molecule has 0 rings (SSSR count). The lowest BCUT2D eigenvalue weighted by Crippen LogP contribution is -2.30. The van der Waals surface area contributed by atoms with Gasteiger partial charge < -0.3 is 33.8 Å². The maximum Gasteiger partial charge on any atom is 0.472 e. The Labute approximate surface area is 498 Å². The predicted octanol–water partition coefficient (Wildman–Crippen LogP) is 17.3. The highest BCUT2D eigenvalue weighted by Crippen LogP contribution is 2.45. The van der Waals surface area contributed by atoms with Crippen molar-refractivity contribution in [2.45, 2.75) is 330 Å². The van der Waals surface area contributed by atoms with E-state index in [9.17, 15) is 43.2 Å². The van der Waals surface area contributed by atoms with E-state index < -0.39 is 97.5 Å². The largest absolute Gasteiger partial charge is 0.472 e. The highest BCUT2D eigenvalue weighted by Gasteiger charge is 2.30. The molecular formula is C63H122O17P2. The van der Waals surface area contributed by atoms with Gasteiger partial charge in [-0.05, 0) is 37.5 Å². The summed E-state index contributed by atoms with van der Waals surface area (Å²) in [6, 6.07) is 0. The number of carbonyl (C=O) groups excluding carboxylic acids is 4. The lowest BCUT2D eigenvalue weighted by Gasteiger charge is -2.21. The molecular weight excluding hydrogens is 1090 g/mol. The second-order valence-corrected chi connectivity index (χ2v) is 26.2. The van der Waals surface area contributed by atoms with Gasteiger partial charge in [0.15, 0.2) is 12.2 Å². The zero-order valence-corrected chi connectivity index (χ0v) is 54.6. The maximum atomic E-state index is 13.0. The SMILES string of the molecule is CCCCCCCC(=O)OC[C@H](COP(=O)(O)OC[C@H](O)COP(=O)(O)OC[C@@H](COC(=O)CCCCCCCCC(C)CC)OC(=O)CCCCCCCCCCCCCCCCCCCCC(C)CC)OC(=O)CCCCCCC. The van der Waals surface area contributed by atoms with Gasteiger partial charge in [-0.25, -0.2) is 9.13 Å². The molecule has 0 spiro atoms. The van der Waals surface area contributed by atoms with Crippen molar-refractivity contribution in [3.05, 3.63) is 0 Å². The first-order chi connectivity index (χ1) is 39.4. The molecule has 0 aliphatic heterocycles. The number of aliphatic hydroxyl groups excluding tert-OH is 1. The van der Waals surface area contributed by atoms with Crippen LogP contribution in [0.5, 0.6) is 0 Å². The molecule has 7 atom stereocenters. The van der Waals surface area contributed by atoms with Crippen LogP contribution in [0.1, 0.15) is 311 Å². The van der Waals surface area contributed by atoms with E-state index in [-0.39, 0.29) is 25.7 Å². The minimum absolute atomic E-state index is 0.0985. The van der Waals surface area contributed by atoms with Gasteiger partial charge in [-0.1, -0.05) is 260 Å². The number of esters is 4. The molecule has 0 aromatic heterocycles. The lowest BCUT2D eigenvalue weighted by molar-refractivity contribution is -0.161. The van der Waals surface area contributed by atoms with Crippen LogP contribution >= 0.6 is 15.6 Å². The molecule has 0 aromatic rings. The summed E-state index contributed by atoms with van der Waals surface area (Å²) in [5, 5.41) is 10.5. The highest BCUT2D eigenvalue weighted by molar-refractivity contribution is 7.47. The summed E-state index contributed by atoms with van der Waals surface area (Å²) in [7, 11) is -9.86. The van der Waals surface area contributed by atoms with E-state index in [1.54, 1.807) is 0 Å². The van der Waals surface area contributed by atoms with E-state index in [1.807, 2.05) is 0 Å². The van der Waals surface area contributed by atoms with Crippen molar-refractivity contribution in [3.8, 4) is 0 Å². The third-order valence-corrected chi connectivity index (χ3v) is 17.1. The van der Waals surface area contributed by atoms with Gasteiger partial charge in [-0.3, -0.25) is 37.3 Å². The molecule has 0 radical (unpaired) electrons. The molecule has 19 heteroatoms. The van der Waals surface area contributed by atoms with Gasteiger partial charge in [0.25, 0.3) is 0 Å². The summed E-state index contributed by atoms with van der Waals surface area (Å²) in [5.41, 5.74) is 0. The number of hydrogen-bond acceptors (Lipinski definition) is 15. The van der Waals surface area contributed by atoms with E-state index in [1.165, 1.54) is 116 Å². The summed E-state index contributed by atoms with van der Waals surface area (Å²) < 4.78 is 67.5. The van der Waals surface area contributed by atoms with Crippen molar-refractivity contribution in [3.63, 3.8) is 0 Å². The van der Waals surface area contributed by atoms with Crippen LogP contribution in [-0.4, -0.2) is 96.7 Å². The van der Waals surface area contributed by atoms with Crippen LogP contribution in [0.4, 0.5) is 0 Å². The van der Waals surface area contributed by atoms with E-state index in [2.05, 4.69) is 41.5 Å². The Kier molecular flexibility index (Phi) is 54.3. The van der Waals surface area contributed by atoms with Crippen molar-refractivity contribution in [1.29, 1.82) is 0 Å². The third kappa shape index (κ3) is 54.7. The van der Waals surface area contributed by atoms with Gasteiger partial charge in [-0.15, -0.1) is 0 Å². The van der Waals surface area contributed by atoms with Crippen LogP contribution < -0.4 is 0 Å². The second-order valence-electron chi connectivity index (χ2n) is 23.3. The Morgan fingerprint density at radius 2 is 0.585 bits per heavy atom. The normalized spacial score (nSPS) is 15.0. The number of aliphatic hydroxyl groups is 1. The zero-order chi connectivity index (χ0) is 60.8. The van der Waals surface area contributed by atoms with Gasteiger partial charge in [0, 0.05) is 25.7 Å².